The second-order valence-corrected chi connectivity index (χ2v) is 6.15. The number of ketones is 1. The molecule has 0 saturated carbocycles. The van der Waals surface area contributed by atoms with Gasteiger partial charge in [0.1, 0.15) is 0 Å². The third kappa shape index (κ3) is 3.02. The predicted octanol–water partition coefficient (Wildman–Crippen LogP) is 4.81. The molecule has 0 aliphatic carbocycles. The molecule has 1 aromatic carbocycles. The van der Waals surface area contributed by atoms with E-state index in [0.717, 1.165) is 6.92 Å². The zero-order valence-corrected chi connectivity index (χ0v) is 12.2. The summed E-state index contributed by atoms with van der Waals surface area (Å²) in [6.07, 6.45) is -0.181. The first-order valence-electron chi connectivity index (χ1n) is 6.34. The van der Waals surface area contributed by atoms with E-state index in [0.29, 0.717) is 0 Å². The van der Waals surface area contributed by atoms with Crippen LogP contribution in [0.25, 0.3) is 0 Å². The van der Waals surface area contributed by atoms with Crippen LogP contribution in [0.15, 0.2) is 0 Å². The lowest BCUT2D eigenvalue weighted by atomic mass is 9.78. The molecule has 0 fully saturated rings. The minimum atomic E-state index is -1.62. The van der Waals surface area contributed by atoms with E-state index in [1.807, 2.05) is 20.8 Å². The molecular formula is C15H18F4O. The maximum absolute atomic E-state index is 13.7. The zero-order valence-electron chi connectivity index (χ0n) is 12.2. The maximum atomic E-state index is 13.7. The van der Waals surface area contributed by atoms with Gasteiger partial charge in [0, 0.05) is 12.0 Å². The van der Waals surface area contributed by atoms with Gasteiger partial charge in [0.15, 0.2) is 29.1 Å². The van der Waals surface area contributed by atoms with Crippen molar-refractivity contribution in [2.45, 2.75) is 41.0 Å². The van der Waals surface area contributed by atoms with Gasteiger partial charge in [-0.3, -0.25) is 4.79 Å². The van der Waals surface area contributed by atoms with E-state index < -0.39 is 40.2 Å². The van der Waals surface area contributed by atoms with Gasteiger partial charge in [-0.15, -0.1) is 0 Å². The molecule has 0 aliphatic rings. The molecule has 112 valence electrons. The van der Waals surface area contributed by atoms with Gasteiger partial charge in [-0.05, 0) is 18.3 Å². The van der Waals surface area contributed by atoms with Crippen LogP contribution in [0, 0.1) is 41.5 Å². The summed E-state index contributed by atoms with van der Waals surface area (Å²) in [4.78, 5) is 11.9. The minimum Gasteiger partial charge on any atom is -0.294 e. The van der Waals surface area contributed by atoms with Gasteiger partial charge in [-0.2, -0.15) is 0 Å². The summed E-state index contributed by atoms with van der Waals surface area (Å²) in [5.41, 5.74) is -2.15. The zero-order chi connectivity index (χ0) is 15.8. The highest BCUT2D eigenvalue weighted by molar-refractivity contribution is 5.97. The fraction of sp³-hybridized carbons (Fsp3) is 0.533. The van der Waals surface area contributed by atoms with Gasteiger partial charge in [-0.25, -0.2) is 17.6 Å². The Morgan fingerprint density at radius 1 is 1.00 bits per heavy atom. The fourth-order valence-corrected chi connectivity index (χ4v) is 1.67. The van der Waals surface area contributed by atoms with Crippen molar-refractivity contribution >= 4 is 5.78 Å². The van der Waals surface area contributed by atoms with E-state index in [9.17, 15) is 22.4 Å². The second kappa shape index (κ2) is 5.54. The Hall–Kier alpha value is -1.39. The third-order valence-corrected chi connectivity index (χ3v) is 3.73. The summed E-state index contributed by atoms with van der Waals surface area (Å²) in [5, 5.41) is 0. The molecule has 0 aliphatic heterocycles. The van der Waals surface area contributed by atoms with Gasteiger partial charge >= 0.3 is 0 Å². The van der Waals surface area contributed by atoms with E-state index >= 15 is 0 Å². The maximum Gasteiger partial charge on any atom is 0.173 e. The van der Waals surface area contributed by atoms with Crippen molar-refractivity contribution in [1.82, 2.24) is 0 Å². The Kier molecular flexibility index (Phi) is 4.62. The lowest BCUT2D eigenvalue weighted by Gasteiger charge is -2.26. The number of carbonyl (C=O) groups excluding carboxylic acids is 1. The van der Waals surface area contributed by atoms with Crippen molar-refractivity contribution in [1.29, 1.82) is 0 Å². The lowest BCUT2D eigenvalue weighted by molar-refractivity contribution is 0.0916. The van der Waals surface area contributed by atoms with E-state index in [1.165, 1.54) is 0 Å². The average molecular weight is 290 g/mol. The standard InChI is InChI=1S/C15H18F4O/c1-7(15(3,4)5)6-9(20)10-13(18)11(16)8(2)12(17)14(10)19/h7H,6H2,1-5H3/t7-/m1/s1. The molecule has 1 rings (SSSR count). The number of carbonyl (C=O) groups is 1. The highest BCUT2D eigenvalue weighted by Crippen LogP contribution is 2.31. The molecule has 0 bridgehead atoms. The van der Waals surface area contributed by atoms with Gasteiger partial charge in [0.05, 0.1) is 5.56 Å². The van der Waals surface area contributed by atoms with Crippen molar-refractivity contribution in [2.24, 2.45) is 11.3 Å². The smallest absolute Gasteiger partial charge is 0.173 e. The Morgan fingerprint density at radius 3 is 1.75 bits per heavy atom. The van der Waals surface area contributed by atoms with Crippen molar-refractivity contribution < 1.29 is 22.4 Å². The quantitative estimate of drug-likeness (QED) is 0.443. The van der Waals surface area contributed by atoms with Gasteiger partial charge in [0.25, 0.3) is 0 Å². The average Bonchev–Trinajstić information content (AvgIpc) is 2.33. The number of Topliss-reactive ketones (excluding diaryl/α,β-unsaturated/α-hetero) is 1. The van der Waals surface area contributed by atoms with E-state index in [-0.39, 0.29) is 17.8 Å². The fourth-order valence-electron chi connectivity index (χ4n) is 1.67. The number of hydrogen-bond acceptors (Lipinski definition) is 1. The molecule has 5 heteroatoms. The molecule has 20 heavy (non-hydrogen) atoms. The third-order valence-electron chi connectivity index (χ3n) is 3.73. The summed E-state index contributed by atoms with van der Waals surface area (Å²) < 4.78 is 54.3. The molecule has 1 atom stereocenters. The highest BCUT2D eigenvalue weighted by atomic mass is 19.2. The molecule has 0 aromatic heterocycles. The van der Waals surface area contributed by atoms with Crippen LogP contribution in [-0.4, -0.2) is 5.78 Å². The van der Waals surface area contributed by atoms with Crippen LogP contribution in [0.1, 0.15) is 50.0 Å². The van der Waals surface area contributed by atoms with Crippen molar-refractivity contribution in [3.05, 3.63) is 34.4 Å². The van der Waals surface area contributed by atoms with E-state index in [4.69, 9.17) is 0 Å². The largest absolute Gasteiger partial charge is 0.294 e. The summed E-state index contributed by atoms with van der Waals surface area (Å²) >= 11 is 0. The summed E-state index contributed by atoms with van der Waals surface area (Å²) in [7, 11) is 0. The summed E-state index contributed by atoms with van der Waals surface area (Å²) in [6.45, 7) is 8.27. The Balaban J connectivity index is 3.25. The lowest BCUT2D eigenvalue weighted by Crippen LogP contribution is -2.22. The van der Waals surface area contributed by atoms with Crippen LogP contribution in [0.5, 0.6) is 0 Å². The Labute approximate surface area is 116 Å². The molecule has 0 saturated heterocycles. The van der Waals surface area contributed by atoms with Crippen LogP contribution in [0.3, 0.4) is 0 Å². The van der Waals surface area contributed by atoms with E-state index in [2.05, 4.69) is 0 Å². The molecule has 0 spiro atoms. The Bertz CT molecular complexity index is 515. The van der Waals surface area contributed by atoms with Crippen LogP contribution < -0.4 is 0 Å². The number of halogens is 4. The topological polar surface area (TPSA) is 17.1 Å². The van der Waals surface area contributed by atoms with Crippen LogP contribution in [0.2, 0.25) is 0 Å². The highest BCUT2D eigenvalue weighted by Gasteiger charge is 2.30. The van der Waals surface area contributed by atoms with Gasteiger partial charge in [-0.1, -0.05) is 27.7 Å². The monoisotopic (exact) mass is 290 g/mol. The van der Waals surface area contributed by atoms with Gasteiger partial charge in [0.2, 0.25) is 0 Å². The normalized spacial score (nSPS) is 13.4. The van der Waals surface area contributed by atoms with Crippen molar-refractivity contribution in [3.8, 4) is 0 Å². The minimum absolute atomic E-state index is 0.181. The van der Waals surface area contributed by atoms with Crippen LogP contribution in [-0.2, 0) is 0 Å². The molecule has 0 radical (unpaired) electrons. The first-order chi connectivity index (χ1) is 8.98. The molecule has 0 unspecified atom stereocenters. The second-order valence-electron chi connectivity index (χ2n) is 6.15. The molecule has 0 amide bonds. The summed E-state index contributed by atoms with van der Waals surface area (Å²) in [5.74, 6) is -7.40. The molecule has 1 nitrogen and oxygen atoms in total. The molecular weight excluding hydrogens is 272 g/mol. The van der Waals surface area contributed by atoms with Crippen LogP contribution >= 0.6 is 0 Å². The first-order valence-corrected chi connectivity index (χ1v) is 6.34. The molecule has 1 aromatic rings. The number of rotatable bonds is 3. The Morgan fingerprint density at radius 2 is 1.40 bits per heavy atom. The predicted molar refractivity (Wildman–Crippen MR) is 68.6 cm³/mol. The van der Waals surface area contributed by atoms with Gasteiger partial charge < -0.3 is 0 Å². The summed E-state index contributed by atoms with van der Waals surface area (Å²) in [6, 6.07) is 0. The van der Waals surface area contributed by atoms with Crippen molar-refractivity contribution in [3.63, 3.8) is 0 Å². The van der Waals surface area contributed by atoms with E-state index in [1.54, 1.807) is 6.92 Å². The van der Waals surface area contributed by atoms with Crippen molar-refractivity contribution in [2.75, 3.05) is 0 Å². The molecule has 0 heterocycles. The first kappa shape index (κ1) is 16.7. The number of hydrogen-bond donors (Lipinski definition) is 0. The SMILES string of the molecule is Cc1c(F)c(F)c(C(=O)C[C@@H](C)C(C)(C)C)c(F)c1F. The molecule has 0 N–H and O–H groups in total. The number of benzene rings is 1. The van der Waals surface area contributed by atoms with Crippen LogP contribution in [0.4, 0.5) is 17.6 Å².